The van der Waals surface area contributed by atoms with Gasteiger partial charge in [-0.2, -0.15) is 0 Å². The lowest BCUT2D eigenvalue weighted by Crippen LogP contribution is -2.37. The van der Waals surface area contributed by atoms with Crippen LogP contribution in [0.25, 0.3) is 0 Å². The molecule has 0 spiro atoms. The SMILES string of the molecule is CCCCCN(CCO)C(=O)COc1ccc(OCC)cc1. The number of hydrogen-bond acceptors (Lipinski definition) is 4. The third kappa shape index (κ3) is 6.80. The first kappa shape index (κ1) is 18.3. The molecule has 0 heterocycles. The van der Waals surface area contributed by atoms with E-state index in [1.165, 1.54) is 0 Å². The van der Waals surface area contributed by atoms with Crippen LogP contribution in [-0.4, -0.2) is 48.8 Å². The van der Waals surface area contributed by atoms with Gasteiger partial charge < -0.3 is 19.5 Å². The highest BCUT2D eigenvalue weighted by molar-refractivity contribution is 5.77. The van der Waals surface area contributed by atoms with Crippen molar-refractivity contribution in [1.29, 1.82) is 0 Å². The van der Waals surface area contributed by atoms with E-state index in [1.807, 2.05) is 19.1 Å². The summed E-state index contributed by atoms with van der Waals surface area (Å²) < 4.78 is 10.9. The van der Waals surface area contributed by atoms with E-state index in [2.05, 4.69) is 6.92 Å². The summed E-state index contributed by atoms with van der Waals surface area (Å²) in [6.45, 7) is 5.65. The van der Waals surface area contributed by atoms with Crippen LogP contribution in [0.2, 0.25) is 0 Å². The summed E-state index contributed by atoms with van der Waals surface area (Å²) in [4.78, 5) is 13.8. The summed E-state index contributed by atoms with van der Waals surface area (Å²) in [5.74, 6) is 1.32. The number of amides is 1. The number of benzene rings is 1. The van der Waals surface area contributed by atoms with Crippen molar-refractivity contribution in [2.75, 3.05) is 32.9 Å². The lowest BCUT2D eigenvalue weighted by molar-refractivity contribution is -0.134. The minimum Gasteiger partial charge on any atom is -0.494 e. The zero-order valence-corrected chi connectivity index (χ0v) is 13.6. The third-order valence-electron chi connectivity index (χ3n) is 3.25. The Morgan fingerprint density at radius 1 is 1.05 bits per heavy atom. The lowest BCUT2D eigenvalue weighted by atomic mass is 10.2. The topological polar surface area (TPSA) is 59.0 Å². The molecule has 1 aromatic carbocycles. The van der Waals surface area contributed by atoms with E-state index in [-0.39, 0.29) is 19.1 Å². The number of hydrogen-bond donors (Lipinski definition) is 1. The van der Waals surface area contributed by atoms with Crippen LogP contribution >= 0.6 is 0 Å². The first-order chi connectivity index (χ1) is 10.7. The van der Waals surface area contributed by atoms with Crippen molar-refractivity contribution < 1.29 is 19.4 Å². The van der Waals surface area contributed by atoms with Gasteiger partial charge in [-0.25, -0.2) is 0 Å². The lowest BCUT2D eigenvalue weighted by Gasteiger charge is -2.21. The fraction of sp³-hybridized carbons (Fsp3) is 0.588. The van der Waals surface area contributed by atoms with E-state index in [0.29, 0.717) is 25.4 Å². The van der Waals surface area contributed by atoms with Gasteiger partial charge in [0.15, 0.2) is 6.61 Å². The van der Waals surface area contributed by atoms with Gasteiger partial charge in [-0.15, -0.1) is 0 Å². The van der Waals surface area contributed by atoms with Crippen LogP contribution in [0.15, 0.2) is 24.3 Å². The minimum absolute atomic E-state index is 0.0138. The maximum atomic E-state index is 12.1. The highest BCUT2D eigenvalue weighted by atomic mass is 16.5. The predicted molar refractivity (Wildman–Crippen MR) is 86.3 cm³/mol. The van der Waals surface area contributed by atoms with Gasteiger partial charge in [0.25, 0.3) is 5.91 Å². The predicted octanol–water partition coefficient (Wildman–Crippen LogP) is 2.48. The van der Waals surface area contributed by atoms with E-state index in [0.717, 1.165) is 25.0 Å². The Balaban J connectivity index is 2.43. The van der Waals surface area contributed by atoms with Crippen molar-refractivity contribution in [3.63, 3.8) is 0 Å². The monoisotopic (exact) mass is 309 g/mol. The number of nitrogens with zero attached hydrogens (tertiary/aromatic N) is 1. The molecule has 0 unspecified atom stereocenters. The van der Waals surface area contributed by atoms with Crippen molar-refractivity contribution in [2.45, 2.75) is 33.1 Å². The van der Waals surface area contributed by atoms with Gasteiger partial charge >= 0.3 is 0 Å². The van der Waals surface area contributed by atoms with Crippen LogP contribution in [0.1, 0.15) is 33.1 Å². The van der Waals surface area contributed by atoms with Crippen LogP contribution in [0.3, 0.4) is 0 Å². The third-order valence-corrected chi connectivity index (χ3v) is 3.25. The quantitative estimate of drug-likeness (QED) is 0.638. The maximum Gasteiger partial charge on any atom is 0.260 e. The van der Waals surface area contributed by atoms with Gasteiger partial charge in [0.2, 0.25) is 0 Å². The molecule has 0 radical (unpaired) electrons. The highest BCUT2D eigenvalue weighted by Crippen LogP contribution is 2.17. The van der Waals surface area contributed by atoms with Crippen LogP contribution in [0.4, 0.5) is 0 Å². The molecule has 0 atom stereocenters. The van der Waals surface area contributed by atoms with Gasteiger partial charge in [0.05, 0.1) is 13.2 Å². The number of carbonyl (C=O) groups is 1. The van der Waals surface area contributed by atoms with Crippen LogP contribution in [0, 0.1) is 0 Å². The molecule has 1 amide bonds. The summed E-state index contributed by atoms with van der Waals surface area (Å²) in [5, 5.41) is 9.06. The fourth-order valence-corrected chi connectivity index (χ4v) is 2.07. The molecule has 1 aromatic rings. The van der Waals surface area contributed by atoms with Crippen molar-refractivity contribution in [1.82, 2.24) is 4.90 Å². The second kappa shape index (κ2) is 10.9. The van der Waals surface area contributed by atoms with Gasteiger partial charge in [-0.05, 0) is 37.6 Å². The van der Waals surface area contributed by atoms with Crippen LogP contribution < -0.4 is 9.47 Å². The average Bonchev–Trinajstić information content (AvgIpc) is 2.53. The smallest absolute Gasteiger partial charge is 0.260 e. The zero-order chi connectivity index (χ0) is 16.2. The van der Waals surface area contributed by atoms with E-state index in [4.69, 9.17) is 14.6 Å². The Kier molecular flexibility index (Phi) is 9.07. The first-order valence-corrected chi connectivity index (χ1v) is 7.95. The molecule has 0 saturated carbocycles. The number of unbranched alkanes of at least 4 members (excludes halogenated alkanes) is 2. The molecule has 0 aliphatic carbocycles. The second-order valence-electron chi connectivity index (χ2n) is 5.00. The van der Waals surface area contributed by atoms with Crippen molar-refractivity contribution in [3.05, 3.63) is 24.3 Å². The van der Waals surface area contributed by atoms with Crippen LogP contribution in [-0.2, 0) is 4.79 Å². The number of aliphatic hydroxyl groups excluding tert-OH is 1. The maximum absolute atomic E-state index is 12.1. The molecule has 0 bridgehead atoms. The number of rotatable bonds is 11. The molecule has 1 N–H and O–H groups in total. The molecule has 22 heavy (non-hydrogen) atoms. The van der Waals surface area contributed by atoms with Crippen molar-refractivity contribution in [3.8, 4) is 11.5 Å². The Hall–Kier alpha value is -1.75. The van der Waals surface area contributed by atoms with Crippen molar-refractivity contribution >= 4 is 5.91 Å². The molecule has 5 nitrogen and oxygen atoms in total. The molecule has 5 heteroatoms. The van der Waals surface area contributed by atoms with Crippen molar-refractivity contribution in [2.24, 2.45) is 0 Å². The summed E-state index contributed by atoms with van der Waals surface area (Å²) in [6, 6.07) is 7.20. The van der Waals surface area contributed by atoms with E-state index in [9.17, 15) is 4.79 Å². The number of carbonyl (C=O) groups excluding carboxylic acids is 1. The normalized spacial score (nSPS) is 10.3. The molecular weight excluding hydrogens is 282 g/mol. The summed E-state index contributed by atoms with van der Waals surface area (Å²) in [5.41, 5.74) is 0. The fourth-order valence-electron chi connectivity index (χ4n) is 2.07. The minimum atomic E-state index is -0.0981. The van der Waals surface area contributed by atoms with Gasteiger partial charge in [0, 0.05) is 13.1 Å². The summed E-state index contributed by atoms with van der Waals surface area (Å²) >= 11 is 0. The largest absolute Gasteiger partial charge is 0.494 e. The first-order valence-electron chi connectivity index (χ1n) is 7.95. The average molecular weight is 309 g/mol. The number of aliphatic hydroxyl groups is 1. The molecule has 0 aliphatic heterocycles. The Morgan fingerprint density at radius 3 is 2.23 bits per heavy atom. The standard InChI is InChI=1S/C17H27NO4/c1-3-5-6-11-18(12-13-19)17(20)14-22-16-9-7-15(8-10-16)21-4-2/h7-10,19H,3-6,11-14H2,1-2H3. The highest BCUT2D eigenvalue weighted by Gasteiger charge is 2.13. The molecule has 1 rings (SSSR count). The Morgan fingerprint density at radius 2 is 1.68 bits per heavy atom. The Bertz CT molecular complexity index is 419. The summed E-state index contributed by atoms with van der Waals surface area (Å²) in [7, 11) is 0. The molecule has 0 saturated heterocycles. The molecule has 124 valence electrons. The van der Waals surface area contributed by atoms with E-state index >= 15 is 0 Å². The second-order valence-corrected chi connectivity index (χ2v) is 5.00. The van der Waals surface area contributed by atoms with Gasteiger partial charge in [-0.1, -0.05) is 19.8 Å². The van der Waals surface area contributed by atoms with E-state index in [1.54, 1.807) is 17.0 Å². The molecule has 0 aromatic heterocycles. The van der Waals surface area contributed by atoms with Gasteiger partial charge in [0.1, 0.15) is 11.5 Å². The van der Waals surface area contributed by atoms with E-state index < -0.39 is 0 Å². The molecular formula is C17H27NO4. The molecule has 0 fully saturated rings. The zero-order valence-electron chi connectivity index (χ0n) is 13.6. The van der Waals surface area contributed by atoms with Gasteiger partial charge in [-0.3, -0.25) is 4.79 Å². The molecule has 0 aliphatic rings. The number of ether oxygens (including phenoxy) is 2. The Labute approximate surface area is 132 Å². The summed E-state index contributed by atoms with van der Waals surface area (Å²) in [6.07, 6.45) is 3.13. The van der Waals surface area contributed by atoms with Crippen LogP contribution in [0.5, 0.6) is 11.5 Å².